The monoisotopic (exact) mass is 442 g/mol. The Hall–Kier alpha value is -3.51. The second-order valence-corrected chi connectivity index (χ2v) is 8.56. The predicted octanol–water partition coefficient (Wildman–Crippen LogP) is 4.84. The lowest BCUT2D eigenvalue weighted by atomic mass is 9.91. The third kappa shape index (κ3) is 4.66. The van der Waals surface area contributed by atoms with E-state index < -0.39 is 0 Å². The summed E-state index contributed by atoms with van der Waals surface area (Å²) < 4.78 is 13.9. The first-order valence-corrected chi connectivity index (χ1v) is 11.5. The molecule has 4 aromatic rings. The van der Waals surface area contributed by atoms with Crippen LogP contribution in [-0.2, 0) is 19.4 Å². The summed E-state index contributed by atoms with van der Waals surface area (Å²) in [5, 5.41) is 7.71. The number of carbonyl (C=O) groups is 1. The number of nitrogens with one attached hydrogen (secondary N) is 3. The lowest BCUT2D eigenvalue weighted by molar-refractivity contribution is 0.0951. The first-order valence-electron chi connectivity index (χ1n) is 11.5. The molecule has 3 N–H and O–H groups in total. The van der Waals surface area contributed by atoms with Crippen molar-refractivity contribution in [3.8, 4) is 0 Å². The SMILES string of the molecule is O=C(NCc1ccncc1)c1ccc2[nH]c3c(c2c1)CCCC3NCCc1ccccc1F. The number of aromatic amines is 1. The van der Waals surface area contributed by atoms with Gasteiger partial charge in [0.15, 0.2) is 0 Å². The molecule has 0 aliphatic heterocycles. The van der Waals surface area contributed by atoms with E-state index in [0.29, 0.717) is 25.1 Å². The maximum absolute atomic E-state index is 13.9. The van der Waals surface area contributed by atoms with Crippen LogP contribution in [-0.4, -0.2) is 22.4 Å². The molecule has 0 saturated heterocycles. The van der Waals surface area contributed by atoms with Gasteiger partial charge in [-0.2, -0.15) is 0 Å². The van der Waals surface area contributed by atoms with Gasteiger partial charge in [0.1, 0.15) is 5.82 Å². The number of benzene rings is 2. The third-order valence-electron chi connectivity index (χ3n) is 6.41. The van der Waals surface area contributed by atoms with E-state index in [2.05, 4.69) is 20.6 Å². The van der Waals surface area contributed by atoms with Crippen LogP contribution in [0.5, 0.6) is 0 Å². The molecule has 0 saturated carbocycles. The van der Waals surface area contributed by atoms with Crippen molar-refractivity contribution in [2.24, 2.45) is 0 Å². The van der Waals surface area contributed by atoms with Crippen molar-refractivity contribution >= 4 is 16.8 Å². The van der Waals surface area contributed by atoms with Gasteiger partial charge in [-0.15, -0.1) is 0 Å². The highest BCUT2D eigenvalue weighted by Crippen LogP contribution is 2.35. The topological polar surface area (TPSA) is 69.8 Å². The smallest absolute Gasteiger partial charge is 0.251 e. The highest BCUT2D eigenvalue weighted by Gasteiger charge is 2.24. The van der Waals surface area contributed by atoms with E-state index in [0.717, 1.165) is 41.3 Å². The molecule has 6 heteroatoms. The Morgan fingerprint density at radius 1 is 1.12 bits per heavy atom. The number of H-pyrrole nitrogens is 1. The Kier molecular flexibility index (Phi) is 6.17. The van der Waals surface area contributed by atoms with E-state index in [4.69, 9.17) is 0 Å². The summed E-state index contributed by atoms with van der Waals surface area (Å²) in [5.41, 5.74) is 5.94. The average Bonchev–Trinajstić information content (AvgIpc) is 3.23. The van der Waals surface area contributed by atoms with Gasteiger partial charge in [-0.05, 0) is 85.3 Å². The second-order valence-electron chi connectivity index (χ2n) is 8.56. The van der Waals surface area contributed by atoms with Gasteiger partial charge in [-0.3, -0.25) is 9.78 Å². The fourth-order valence-corrected chi connectivity index (χ4v) is 4.68. The molecule has 1 amide bonds. The van der Waals surface area contributed by atoms with Crippen molar-refractivity contribution in [3.63, 3.8) is 0 Å². The largest absolute Gasteiger partial charge is 0.357 e. The lowest BCUT2D eigenvalue weighted by Crippen LogP contribution is -2.27. The average molecular weight is 443 g/mol. The number of aromatic nitrogens is 2. The standard InChI is InChI=1S/C27H27FN4O/c28-23-6-2-1-4-19(23)12-15-30-25-7-3-5-21-22-16-20(8-9-24(22)32-26(21)25)27(33)31-17-18-10-13-29-14-11-18/h1-2,4,6,8-11,13-14,16,25,30,32H,3,5,7,12,15,17H2,(H,31,33). The molecular weight excluding hydrogens is 415 g/mol. The molecule has 2 aromatic carbocycles. The Balaban J connectivity index is 1.29. The van der Waals surface area contributed by atoms with Crippen molar-refractivity contribution in [1.82, 2.24) is 20.6 Å². The van der Waals surface area contributed by atoms with Crippen LogP contribution in [0.2, 0.25) is 0 Å². The molecule has 5 rings (SSSR count). The zero-order chi connectivity index (χ0) is 22.6. The Labute approximate surface area is 192 Å². The minimum absolute atomic E-state index is 0.0842. The number of halogens is 1. The van der Waals surface area contributed by atoms with Crippen LogP contribution in [0, 0.1) is 5.82 Å². The molecule has 1 unspecified atom stereocenters. The number of fused-ring (bicyclic) bond motifs is 3. The Morgan fingerprint density at radius 3 is 2.82 bits per heavy atom. The summed E-state index contributed by atoms with van der Waals surface area (Å²) in [5.74, 6) is -0.233. The maximum atomic E-state index is 13.9. The summed E-state index contributed by atoms with van der Waals surface area (Å²) >= 11 is 0. The van der Waals surface area contributed by atoms with Gasteiger partial charge in [-0.1, -0.05) is 18.2 Å². The first kappa shape index (κ1) is 21.3. The van der Waals surface area contributed by atoms with Crippen molar-refractivity contribution in [2.45, 2.75) is 38.3 Å². The number of carbonyl (C=O) groups excluding carboxylic acids is 1. The lowest BCUT2D eigenvalue weighted by Gasteiger charge is -2.24. The zero-order valence-electron chi connectivity index (χ0n) is 18.4. The fourth-order valence-electron chi connectivity index (χ4n) is 4.68. The van der Waals surface area contributed by atoms with E-state index in [-0.39, 0.29) is 17.8 Å². The van der Waals surface area contributed by atoms with Crippen LogP contribution < -0.4 is 10.6 Å². The van der Waals surface area contributed by atoms with Gasteiger partial charge < -0.3 is 15.6 Å². The number of pyridine rings is 1. The Morgan fingerprint density at radius 2 is 1.97 bits per heavy atom. The predicted molar refractivity (Wildman–Crippen MR) is 127 cm³/mol. The van der Waals surface area contributed by atoms with Crippen LogP contribution >= 0.6 is 0 Å². The van der Waals surface area contributed by atoms with Crippen LogP contribution in [0.15, 0.2) is 67.0 Å². The van der Waals surface area contributed by atoms with Gasteiger partial charge >= 0.3 is 0 Å². The molecule has 2 aromatic heterocycles. The van der Waals surface area contributed by atoms with E-state index in [1.165, 1.54) is 17.3 Å². The molecule has 0 spiro atoms. The fraction of sp³-hybridized carbons (Fsp3) is 0.259. The number of aryl methyl sites for hydroxylation is 1. The van der Waals surface area contributed by atoms with Crippen molar-refractivity contribution in [3.05, 3.63) is 101 Å². The molecule has 0 fully saturated rings. The first-order chi connectivity index (χ1) is 16.2. The summed E-state index contributed by atoms with van der Waals surface area (Å²) in [6, 6.07) is 16.8. The van der Waals surface area contributed by atoms with Gasteiger partial charge in [0.05, 0.1) is 0 Å². The van der Waals surface area contributed by atoms with E-state index in [1.807, 2.05) is 42.5 Å². The van der Waals surface area contributed by atoms with Gasteiger partial charge in [0, 0.05) is 47.1 Å². The second kappa shape index (κ2) is 9.55. The van der Waals surface area contributed by atoms with Gasteiger partial charge in [0.25, 0.3) is 5.91 Å². The summed E-state index contributed by atoms with van der Waals surface area (Å²) in [4.78, 5) is 20.3. The molecule has 1 aliphatic rings. The quantitative estimate of drug-likeness (QED) is 0.384. The van der Waals surface area contributed by atoms with Crippen LogP contribution in [0.25, 0.3) is 10.9 Å². The minimum Gasteiger partial charge on any atom is -0.357 e. The van der Waals surface area contributed by atoms with Crippen molar-refractivity contribution in [2.75, 3.05) is 6.54 Å². The molecule has 1 atom stereocenters. The van der Waals surface area contributed by atoms with Crippen LogP contribution in [0.1, 0.15) is 51.6 Å². The molecule has 0 bridgehead atoms. The number of amides is 1. The van der Waals surface area contributed by atoms with E-state index >= 15 is 0 Å². The number of rotatable bonds is 7. The van der Waals surface area contributed by atoms with E-state index in [9.17, 15) is 9.18 Å². The van der Waals surface area contributed by atoms with Crippen molar-refractivity contribution < 1.29 is 9.18 Å². The van der Waals surface area contributed by atoms with Gasteiger partial charge in [0.2, 0.25) is 0 Å². The molecule has 0 radical (unpaired) electrons. The van der Waals surface area contributed by atoms with E-state index in [1.54, 1.807) is 18.5 Å². The van der Waals surface area contributed by atoms with Crippen LogP contribution in [0.4, 0.5) is 4.39 Å². The molecule has 33 heavy (non-hydrogen) atoms. The molecule has 5 nitrogen and oxygen atoms in total. The minimum atomic E-state index is -0.149. The van der Waals surface area contributed by atoms with Crippen LogP contribution in [0.3, 0.4) is 0 Å². The maximum Gasteiger partial charge on any atom is 0.251 e. The zero-order valence-corrected chi connectivity index (χ0v) is 18.4. The number of hydrogen-bond acceptors (Lipinski definition) is 3. The number of hydrogen-bond donors (Lipinski definition) is 3. The van der Waals surface area contributed by atoms with Gasteiger partial charge in [-0.25, -0.2) is 4.39 Å². The molecule has 1 aliphatic carbocycles. The molecule has 168 valence electrons. The Bertz CT molecular complexity index is 1270. The molecule has 2 heterocycles. The number of nitrogens with zero attached hydrogens (tertiary/aromatic N) is 1. The highest BCUT2D eigenvalue weighted by molar-refractivity contribution is 5.99. The van der Waals surface area contributed by atoms with Crippen molar-refractivity contribution in [1.29, 1.82) is 0 Å². The summed E-state index contributed by atoms with van der Waals surface area (Å²) in [7, 11) is 0. The normalized spacial score (nSPS) is 15.4. The summed E-state index contributed by atoms with van der Waals surface area (Å²) in [6.45, 7) is 1.18. The third-order valence-corrected chi connectivity index (χ3v) is 6.41. The molecular formula is C27H27FN4O. The summed E-state index contributed by atoms with van der Waals surface area (Å²) in [6.07, 6.45) is 7.20. The highest BCUT2D eigenvalue weighted by atomic mass is 19.1.